The number of rotatable bonds is 2. The van der Waals surface area contributed by atoms with E-state index in [1.165, 1.54) is 18.2 Å². The highest BCUT2D eigenvalue weighted by molar-refractivity contribution is 6.05. The highest BCUT2D eigenvalue weighted by atomic mass is 19.1. The predicted molar refractivity (Wildman–Crippen MR) is 122 cm³/mol. The van der Waals surface area contributed by atoms with Crippen molar-refractivity contribution in [1.29, 1.82) is 0 Å². The maximum Gasteiger partial charge on any atom is 0.413 e. The normalized spacial score (nSPS) is 18.2. The Hall–Kier alpha value is -3.43. The van der Waals surface area contributed by atoms with Crippen molar-refractivity contribution >= 4 is 23.7 Å². The molecule has 33 heavy (non-hydrogen) atoms. The van der Waals surface area contributed by atoms with Gasteiger partial charge in [-0.25, -0.2) is 19.0 Å². The zero-order valence-electron chi connectivity index (χ0n) is 19.9. The zero-order chi connectivity index (χ0) is 24.8. The van der Waals surface area contributed by atoms with Gasteiger partial charge >= 0.3 is 12.2 Å². The van der Waals surface area contributed by atoms with Crippen LogP contribution in [0.15, 0.2) is 35.6 Å². The molecule has 1 aromatic carbocycles. The number of aliphatic imine (C=N–C) groups is 1. The molecule has 1 aliphatic rings. The fourth-order valence-electron chi connectivity index (χ4n) is 3.72. The number of hydrogen-bond donors (Lipinski definition) is 2. The molecule has 2 heterocycles. The molecule has 0 aliphatic carbocycles. The smallest absolute Gasteiger partial charge is 0.413 e. The fourth-order valence-corrected chi connectivity index (χ4v) is 3.72. The van der Waals surface area contributed by atoms with E-state index in [1.807, 2.05) is 0 Å². The molecule has 2 amide bonds. The highest BCUT2D eigenvalue weighted by Crippen LogP contribution is 2.36. The van der Waals surface area contributed by atoms with Gasteiger partial charge in [0.2, 0.25) is 0 Å². The van der Waals surface area contributed by atoms with Crippen LogP contribution in [0.1, 0.15) is 59.9 Å². The number of aromatic nitrogens is 2. The lowest BCUT2D eigenvalue weighted by Gasteiger charge is -2.39. The van der Waals surface area contributed by atoms with Crippen LogP contribution in [0.3, 0.4) is 0 Å². The van der Waals surface area contributed by atoms with Crippen molar-refractivity contribution in [3.8, 4) is 0 Å². The van der Waals surface area contributed by atoms with E-state index in [-0.39, 0.29) is 17.9 Å². The minimum Gasteiger partial charge on any atom is -0.465 e. The van der Waals surface area contributed by atoms with E-state index in [2.05, 4.69) is 10.3 Å². The van der Waals surface area contributed by atoms with Gasteiger partial charge in [-0.1, -0.05) is 0 Å². The van der Waals surface area contributed by atoms with Crippen LogP contribution < -0.4 is 5.32 Å². The summed E-state index contributed by atoms with van der Waals surface area (Å²) >= 11 is 0. The summed E-state index contributed by atoms with van der Waals surface area (Å²) in [5.74, 6) is -0.0246. The summed E-state index contributed by atoms with van der Waals surface area (Å²) in [5.41, 5.74) is -2.14. The Morgan fingerprint density at radius 1 is 1.24 bits per heavy atom. The molecule has 1 atom stereocenters. The number of carboxylic acid groups (broad SMARTS) is 1. The van der Waals surface area contributed by atoms with Gasteiger partial charge in [-0.2, -0.15) is 0 Å². The second-order valence-corrected chi connectivity index (χ2v) is 10.2. The van der Waals surface area contributed by atoms with Crippen molar-refractivity contribution in [1.82, 2.24) is 14.5 Å². The molecular formula is C23H30FN5O4. The van der Waals surface area contributed by atoms with Gasteiger partial charge < -0.3 is 14.4 Å². The van der Waals surface area contributed by atoms with Crippen LogP contribution >= 0.6 is 0 Å². The van der Waals surface area contributed by atoms with Crippen LogP contribution in [0.4, 0.5) is 19.7 Å². The van der Waals surface area contributed by atoms with Gasteiger partial charge in [-0.3, -0.25) is 15.2 Å². The molecule has 3 rings (SSSR count). The Kier molecular flexibility index (Phi) is 5.99. The van der Waals surface area contributed by atoms with E-state index in [4.69, 9.17) is 9.73 Å². The second kappa shape index (κ2) is 8.17. The number of amides is 2. The lowest BCUT2D eigenvalue weighted by atomic mass is 9.90. The third kappa shape index (κ3) is 5.15. The highest BCUT2D eigenvalue weighted by Gasteiger charge is 2.41. The van der Waals surface area contributed by atoms with Gasteiger partial charge in [0.1, 0.15) is 17.0 Å². The number of anilines is 1. The molecule has 0 spiro atoms. The summed E-state index contributed by atoms with van der Waals surface area (Å²) in [6, 6.07) is 4.16. The standard InChI is InChI=1S/C23H30FN5O4/c1-21(2,3)29(20(31)32)18-17-25-10-11-28(17)13-23(7,27-18)15-12-14(8-9-16(15)24)26-19(30)33-22(4,5)6/h8-12H,13H2,1-7H3,(H,26,30)(H,31,32)/t23-/m0/s1. The third-order valence-electron chi connectivity index (χ3n) is 5.01. The van der Waals surface area contributed by atoms with Crippen molar-refractivity contribution in [2.45, 2.75) is 71.7 Å². The molecular weight excluding hydrogens is 429 g/mol. The summed E-state index contributed by atoms with van der Waals surface area (Å²) in [4.78, 5) is 34.5. The molecule has 0 saturated heterocycles. The van der Waals surface area contributed by atoms with E-state index < -0.39 is 34.7 Å². The number of amidine groups is 1. The molecule has 0 fully saturated rings. The first-order valence-electron chi connectivity index (χ1n) is 10.6. The Morgan fingerprint density at radius 3 is 2.48 bits per heavy atom. The minimum absolute atomic E-state index is 0.124. The van der Waals surface area contributed by atoms with Gasteiger partial charge in [0.05, 0.1) is 6.54 Å². The van der Waals surface area contributed by atoms with Crippen LogP contribution in [-0.4, -0.2) is 48.7 Å². The number of hydrogen-bond acceptors (Lipinski definition) is 5. The monoisotopic (exact) mass is 459 g/mol. The maximum atomic E-state index is 15.1. The Morgan fingerprint density at radius 2 is 1.91 bits per heavy atom. The molecule has 0 bridgehead atoms. The van der Waals surface area contributed by atoms with Crippen LogP contribution in [0.2, 0.25) is 0 Å². The lowest BCUT2D eigenvalue weighted by molar-refractivity contribution is 0.0635. The topological polar surface area (TPSA) is 109 Å². The SMILES string of the molecule is CC(C)(C)OC(=O)Nc1ccc(F)c([C@]2(C)Cn3ccnc3C(N(C(=O)O)C(C)(C)C)=N2)c1. The van der Waals surface area contributed by atoms with Crippen LogP contribution in [0.25, 0.3) is 0 Å². The molecule has 178 valence electrons. The average Bonchev–Trinajstić information content (AvgIpc) is 3.08. The number of imidazole rings is 1. The first-order chi connectivity index (χ1) is 15.1. The molecule has 1 aromatic heterocycles. The average molecular weight is 460 g/mol. The first-order valence-corrected chi connectivity index (χ1v) is 10.6. The molecule has 0 unspecified atom stereocenters. The quantitative estimate of drug-likeness (QED) is 0.669. The maximum absolute atomic E-state index is 15.1. The van der Waals surface area contributed by atoms with Crippen molar-refractivity contribution < 1.29 is 23.8 Å². The molecule has 0 saturated carbocycles. The molecule has 0 radical (unpaired) electrons. The second-order valence-electron chi connectivity index (χ2n) is 10.2. The van der Waals surface area contributed by atoms with Crippen molar-refractivity contribution in [3.63, 3.8) is 0 Å². The summed E-state index contributed by atoms with van der Waals surface area (Å²) in [6.07, 6.45) is 1.39. The Labute approximate surface area is 192 Å². The van der Waals surface area contributed by atoms with E-state index in [0.29, 0.717) is 11.5 Å². The van der Waals surface area contributed by atoms with Crippen LogP contribution in [-0.2, 0) is 16.8 Å². The van der Waals surface area contributed by atoms with Crippen LogP contribution in [0.5, 0.6) is 0 Å². The van der Waals surface area contributed by atoms with Gasteiger partial charge in [-0.15, -0.1) is 0 Å². The minimum atomic E-state index is -1.19. The summed E-state index contributed by atoms with van der Waals surface area (Å²) in [5, 5.41) is 12.5. The number of nitrogens with one attached hydrogen (secondary N) is 1. The van der Waals surface area contributed by atoms with Crippen molar-refractivity contribution in [2.75, 3.05) is 5.32 Å². The van der Waals surface area contributed by atoms with Crippen molar-refractivity contribution in [3.05, 3.63) is 47.8 Å². The number of ether oxygens (including phenoxy) is 1. The first kappa shape index (κ1) is 24.2. The molecule has 9 nitrogen and oxygen atoms in total. The third-order valence-corrected chi connectivity index (χ3v) is 5.01. The van der Waals surface area contributed by atoms with E-state index >= 15 is 4.39 Å². The number of halogens is 1. The number of fused-ring (bicyclic) bond motifs is 1. The fraction of sp³-hybridized carbons (Fsp3) is 0.478. The van der Waals surface area contributed by atoms with Gasteiger partial charge in [0.25, 0.3) is 0 Å². The van der Waals surface area contributed by atoms with Crippen LogP contribution in [0, 0.1) is 5.82 Å². The van der Waals surface area contributed by atoms with Crippen molar-refractivity contribution in [2.24, 2.45) is 4.99 Å². The summed E-state index contributed by atoms with van der Waals surface area (Å²) in [7, 11) is 0. The number of carbonyl (C=O) groups is 2. The Bertz CT molecular complexity index is 1110. The number of carbonyl (C=O) groups excluding carboxylic acids is 1. The lowest BCUT2D eigenvalue weighted by Crippen LogP contribution is -2.52. The predicted octanol–water partition coefficient (Wildman–Crippen LogP) is 4.82. The van der Waals surface area contributed by atoms with E-state index in [9.17, 15) is 14.7 Å². The molecule has 2 aromatic rings. The van der Waals surface area contributed by atoms with E-state index in [0.717, 1.165) is 4.90 Å². The van der Waals surface area contributed by atoms with Gasteiger partial charge in [0.15, 0.2) is 11.7 Å². The molecule has 2 N–H and O–H groups in total. The van der Waals surface area contributed by atoms with Gasteiger partial charge in [0, 0.05) is 29.2 Å². The Balaban J connectivity index is 2.08. The zero-order valence-corrected chi connectivity index (χ0v) is 19.9. The molecule has 1 aliphatic heterocycles. The number of nitrogens with zero attached hydrogens (tertiary/aromatic N) is 4. The summed E-state index contributed by atoms with van der Waals surface area (Å²) in [6.45, 7) is 12.4. The largest absolute Gasteiger partial charge is 0.465 e. The number of benzene rings is 1. The van der Waals surface area contributed by atoms with E-state index in [1.54, 1.807) is 65.4 Å². The summed E-state index contributed by atoms with van der Waals surface area (Å²) < 4.78 is 22.1. The molecule has 10 heteroatoms. The van der Waals surface area contributed by atoms with Gasteiger partial charge in [-0.05, 0) is 66.7 Å².